The molecule has 0 spiro atoms. The van der Waals surface area contributed by atoms with Crippen LogP contribution in [0.2, 0.25) is 0 Å². The molecule has 102 valence electrons. The first-order chi connectivity index (χ1) is 10.2. The van der Waals surface area contributed by atoms with E-state index in [4.69, 9.17) is 0 Å². The number of carboxylic acid groups (broad SMARTS) is 1. The van der Waals surface area contributed by atoms with Gasteiger partial charge < -0.3 is 5.11 Å². The second-order valence-electron chi connectivity index (χ2n) is 4.84. The summed E-state index contributed by atoms with van der Waals surface area (Å²) in [6.07, 6.45) is 1.61. The van der Waals surface area contributed by atoms with E-state index in [2.05, 4.69) is 18.7 Å². The summed E-state index contributed by atoms with van der Waals surface area (Å²) in [6, 6.07) is 19.5. The van der Waals surface area contributed by atoms with Gasteiger partial charge >= 0.3 is 5.97 Å². The fourth-order valence-electron chi connectivity index (χ4n) is 2.58. The monoisotopic (exact) mass is 274 g/mol. The molecule has 1 N–H and O–H groups in total. The summed E-state index contributed by atoms with van der Waals surface area (Å²) in [6.45, 7) is 3.76. The van der Waals surface area contributed by atoms with Crippen LogP contribution in [0.5, 0.6) is 0 Å². The molecule has 0 heterocycles. The summed E-state index contributed by atoms with van der Waals surface area (Å²) in [7, 11) is 0. The molecule has 0 aliphatic heterocycles. The highest BCUT2D eigenvalue weighted by Gasteiger charge is 2.12. The van der Waals surface area contributed by atoms with Crippen molar-refractivity contribution >= 4 is 22.8 Å². The standard InChI is InChI=1S/C19H14O2/c1-2-16-17(8-5-9-18(16)19(20)21)15-11-10-13-6-3-4-7-14(13)12-15/h2-12H,1H2,(H,20,21). The van der Waals surface area contributed by atoms with Crippen molar-refractivity contribution < 1.29 is 9.90 Å². The highest BCUT2D eigenvalue weighted by molar-refractivity contribution is 5.97. The number of hydrogen-bond donors (Lipinski definition) is 1. The molecule has 2 heteroatoms. The molecule has 0 amide bonds. The molecule has 3 aromatic rings. The molecular weight excluding hydrogens is 260 g/mol. The Balaban J connectivity index is 2.25. The first-order valence-corrected chi connectivity index (χ1v) is 6.68. The highest BCUT2D eigenvalue weighted by Crippen LogP contribution is 2.30. The van der Waals surface area contributed by atoms with E-state index in [1.165, 1.54) is 0 Å². The molecule has 0 aromatic heterocycles. The van der Waals surface area contributed by atoms with Gasteiger partial charge in [-0.05, 0) is 39.6 Å². The number of fused-ring (bicyclic) bond motifs is 1. The summed E-state index contributed by atoms with van der Waals surface area (Å²) in [4.78, 5) is 11.3. The fourth-order valence-corrected chi connectivity index (χ4v) is 2.58. The van der Waals surface area contributed by atoms with Gasteiger partial charge in [-0.25, -0.2) is 4.79 Å². The Morgan fingerprint density at radius 2 is 1.71 bits per heavy atom. The highest BCUT2D eigenvalue weighted by atomic mass is 16.4. The lowest BCUT2D eigenvalue weighted by molar-refractivity contribution is 0.0696. The molecule has 0 fully saturated rings. The van der Waals surface area contributed by atoms with Crippen LogP contribution in [-0.4, -0.2) is 11.1 Å². The molecule has 0 radical (unpaired) electrons. The maximum Gasteiger partial charge on any atom is 0.336 e. The third kappa shape index (κ3) is 2.32. The van der Waals surface area contributed by atoms with Gasteiger partial charge in [-0.2, -0.15) is 0 Å². The molecule has 0 bridgehead atoms. The molecule has 2 nitrogen and oxygen atoms in total. The van der Waals surface area contributed by atoms with E-state index in [1.807, 2.05) is 36.4 Å². The molecule has 3 rings (SSSR count). The summed E-state index contributed by atoms with van der Waals surface area (Å²) >= 11 is 0. The summed E-state index contributed by atoms with van der Waals surface area (Å²) in [5, 5.41) is 11.6. The van der Waals surface area contributed by atoms with Crippen molar-refractivity contribution in [3.05, 3.63) is 78.4 Å². The van der Waals surface area contributed by atoms with E-state index in [0.717, 1.165) is 21.9 Å². The molecule has 3 aromatic carbocycles. The minimum Gasteiger partial charge on any atom is -0.478 e. The van der Waals surface area contributed by atoms with E-state index >= 15 is 0 Å². The first kappa shape index (κ1) is 13.1. The van der Waals surface area contributed by atoms with Gasteiger partial charge in [0.1, 0.15) is 0 Å². The average Bonchev–Trinajstić information content (AvgIpc) is 2.53. The second-order valence-corrected chi connectivity index (χ2v) is 4.84. The van der Waals surface area contributed by atoms with Crippen LogP contribution in [0.4, 0.5) is 0 Å². The normalized spacial score (nSPS) is 10.5. The zero-order valence-corrected chi connectivity index (χ0v) is 11.4. The Kier molecular flexibility index (Phi) is 3.28. The smallest absolute Gasteiger partial charge is 0.336 e. The van der Waals surface area contributed by atoms with Crippen LogP contribution in [0.1, 0.15) is 15.9 Å². The van der Waals surface area contributed by atoms with Gasteiger partial charge in [0.15, 0.2) is 0 Å². The van der Waals surface area contributed by atoms with Crippen LogP contribution in [0.25, 0.3) is 28.0 Å². The van der Waals surface area contributed by atoms with Crippen LogP contribution in [0.15, 0.2) is 67.2 Å². The lowest BCUT2D eigenvalue weighted by Gasteiger charge is -2.10. The van der Waals surface area contributed by atoms with Crippen molar-refractivity contribution in [3.8, 4) is 11.1 Å². The van der Waals surface area contributed by atoms with Gasteiger partial charge in [-0.15, -0.1) is 0 Å². The predicted octanol–water partition coefficient (Wildman–Crippen LogP) is 4.85. The van der Waals surface area contributed by atoms with Gasteiger partial charge in [-0.1, -0.05) is 61.2 Å². The Morgan fingerprint density at radius 3 is 2.43 bits per heavy atom. The number of benzene rings is 3. The predicted molar refractivity (Wildman–Crippen MR) is 86.4 cm³/mol. The number of rotatable bonds is 3. The van der Waals surface area contributed by atoms with E-state index in [-0.39, 0.29) is 5.56 Å². The van der Waals surface area contributed by atoms with Crippen molar-refractivity contribution in [2.45, 2.75) is 0 Å². The minimum absolute atomic E-state index is 0.274. The summed E-state index contributed by atoms with van der Waals surface area (Å²) < 4.78 is 0. The Bertz CT molecular complexity index is 847. The van der Waals surface area contributed by atoms with Gasteiger partial charge in [0, 0.05) is 0 Å². The van der Waals surface area contributed by atoms with Crippen LogP contribution >= 0.6 is 0 Å². The van der Waals surface area contributed by atoms with E-state index in [0.29, 0.717) is 5.56 Å². The van der Waals surface area contributed by atoms with Crippen LogP contribution in [0, 0.1) is 0 Å². The maximum atomic E-state index is 11.3. The third-order valence-corrected chi connectivity index (χ3v) is 3.60. The molecule has 21 heavy (non-hydrogen) atoms. The quantitative estimate of drug-likeness (QED) is 0.741. The molecule has 0 atom stereocenters. The second kappa shape index (κ2) is 5.25. The third-order valence-electron chi connectivity index (χ3n) is 3.60. The Morgan fingerprint density at radius 1 is 0.952 bits per heavy atom. The van der Waals surface area contributed by atoms with Crippen molar-refractivity contribution in [1.29, 1.82) is 0 Å². The van der Waals surface area contributed by atoms with Gasteiger partial charge in [0.05, 0.1) is 5.56 Å². The molecule has 0 saturated carbocycles. The lowest BCUT2D eigenvalue weighted by Crippen LogP contribution is -2.00. The molecular formula is C19H14O2. The van der Waals surface area contributed by atoms with Crippen LogP contribution < -0.4 is 0 Å². The van der Waals surface area contributed by atoms with Crippen molar-refractivity contribution in [3.63, 3.8) is 0 Å². The number of hydrogen-bond acceptors (Lipinski definition) is 1. The van der Waals surface area contributed by atoms with Gasteiger partial charge in [-0.3, -0.25) is 0 Å². The van der Waals surface area contributed by atoms with Crippen LogP contribution in [-0.2, 0) is 0 Å². The van der Waals surface area contributed by atoms with E-state index < -0.39 is 5.97 Å². The average molecular weight is 274 g/mol. The minimum atomic E-state index is -0.937. The zero-order valence-electron chi connectivity index (χ0n) is 11.4. The molecule has 0 aliphatic carbocycles. The molecule has 0 saturated heterocycles. The largest absolute Gasteiger partial charge is 0.478 e. The first-order valence-electron chi connectivity index (χ1n) is 6.68. The van der Waals surface area contributed by atoms with Gasteiger partial charge in [0.2, 0.25) is 0 Å². The topological polar surface area (TPSA) is 37.3 Å². The maximum absolute atomic E-state index is 11.3. The lowest BCUT2D eigenvalue weighted by atomic mass is 9.94. The molecule has 0 unspecified atom stereocenters. The summed E-state index contributed by atoms with van der Waals surface area (Å²) in [5.41, 5.74) is 2.80. The fraction of sp³-hybridized carbons (Fsp3) is 0. The SMILES string of the molecule is C=Cc1c(C(=O)O)cccc1-c1ccc2ccccc2c1. The van der Waals surface area contributed by atoms with Gasteiger partial charge in [0.25, 0.3) is 0 Å². The number of aromatic carboxylic acids is 1. The van der Waals surface area contributed by atoms with Crippen molar-refractivity contribution in [2.24, 2.45) is 0 Å². The zero-order chi connectivity index (χ0) is 14.8. The Hall–Kier alpha value is -2.87. The Labute approximate surface area is 123 Å². The van der Waals surface area contributed by atoms with Crippen molar-refractivity contribution in [2.75, 3.05) is 0 Å². The number of carboxylic acids is 1. The van der Waals surface area contributed by atoms with E-state index in [9.17, 15) is 9.90 Å². The number of carbonyl (C=O) groups is 1. The summed E-state index contributed by atoms with van der Waals surface area (Å²) in [5.74, 6) is -0.937. The van der Waals surface area contributed by atoms with Crippen LogP contribution in [0.3, 0.4) is 0 Å². The molecule has 0 aliphatic rings. The van der Waals surface area contributed by atoms with Crippen molar-refractivity contribution in [1.82, 2.24) is 0 Å². The van der Waals surface area contributed by atoms with E-state index in [1.54, 1.807) is 18.2 Å².